The van der Waals surface area contributed by atoms with Crippen molar-refractivity contribution in [2.24, 2.45) is 0 Å². The van der Waals surface area contributed by atoms with E-state index in [0.29, 0.717) is 6.54 Å². The van der Waals surface area contributed by atoms with Crippen molar-refractivity contribution >= 4 is 0 Å². The molecule has 1 unspecified atom stereocenters. The van der Waals surface area contributed by atoms with Crippen molar-refractivity contribution in [1.29, 1.82) is 0 Å². The van der Waals surface area contributed by atoms with Gasteiger partial charge in [-0.3, -0.25) is 4.79 Å². The molecule has 0 fully saturated rings. The lowest BCUT2D eigenvalue weighted by atomic mass is 10.3. The minimum atomic E-state index is -0.481. The molecule has 0 aromatic carbocycles. The third-order valence-electron chi connectivity index (χ3n) is 1.61. The maximum absolute atomic E-state index is 11.2. The van der Waals surface area contributed by atoms with Crippen LogP contribution in [0.2, 0.25) is 0 Å². The molecular weight excluding hydrogens is 154 g/mol. The minimum absolute atomic E-state index is 0.0594. The molecule has 12 heavy (non-hydrogen) atoms. The number of hydrogen-bond donors (Lipinski definition) is 1. The molecule has 1 aromatic rings. The number of aryl methyl sites for hydroxylation is 1. The Bertz CT molecular complexity index is 315. The molecule has 0 amide bonds. The van der Waals surface area contributed by atoms with Crippen LogP contribution < -0.4 is 5.56 Å². The zero-order valence-electron chi connectivity index (χ0n) is 7.32. The summed E-state index contributed by atoms with van der Waals surface area (Å²) in [6.07, 6.45) is 1.22. The molecule has 0 aliphatic rings. The van der Waals surface area contributed by atoms with Crippen LogP contribution in [-0.4, -0.2) is 15.8 Å². The highest BCUT2D eigenvalue weighted by Gasteiger charge is 1.99. The monoisotopic (exact) mass is 167 g/mol. The SMILES string of the molecule is Cc1ccn(CC(C)O)c(=O)c1. The Labute approximate surface area is 71.3 Å². The maximum Gasteiger partial charge on any atom is 0.250 e. The second-order valence-electron chi connectivity index (χ2n) is 3.04. The van der Waals surface area contributed by atoms with E-state index in [1.807, 2.05) is 13.0 Å². The summed E-state index contributed by atoms with van der Waals surface area (Å²) in [7, 11) is 0. The Morgan fingerprint density at radius 1 is 1.67 bits per heavy atom. The standard InChI is InChI=1S/C9H13NO2/c1-7-3-4-10(6-8(2)11)9(12)5-7/h3-5,8,11H,6H2,1-2H3. The van der Waals surface area contributed by atoms with Gasteiger partial charge in [0, 0.05) is 12.3 Å². The van der Waals surface area contributed by atoms with E-state index in [9.17, 15) is 4.79 Å². The summed E-state index contributed by atoms with van der Waals surface area (Å²) < 4.78 is 1.50. The largest absolute Gasteiger partial charge is 0.392 e. The smallest absolute Gasteiger partial charge is 0.250 e. The van der Waals surface area contributed by atoms with Crippen LogP contribution in [0.15, 0.2) is 23.1 Å². The van der Waals surface area contributed by atoms with Crippen molar-refractivity contribution < 1.29 is 5.11 Å². The Morgan fingerprint density at radius 2 is 2.33 bits per heavy atom. The number of aromatic nitrogens is 1. The summed E-state index contributed by atoms with van der Waals surface area (Å²) in [5.41, 5.74) is 0.887. The van der Waals surface area contributed by atoms with Crippen LogP contribution in [0.25, 0.3) is 0 Å². The predicted octanol–water partition coefficient (Wildman–Crippen LogP) is 0.538. The van der Waals surface area contributed by atoms with Gasteiger partial charge in [-0.05, 0) is 25.5 Å². The zero-order valence-corrected chi connectivity index (χ0v) is 7.32. The topological polar surface area (TPSA) is 42.2 Å². The molecule has 0 bridgehead atoms. The zero-order chi connectivity index (χ0) is 9.14. The van der Waals surface area contributed by atoms with E-state index in [0.717, 1.165) is 5.56 Å². The molecule has 1 rings (SSSR count). The molecule has 0 aliphatic heterocycles. The number of aliphatic hydroxyl groups excluding tert-OH is 1. The van der Waals surface area contributed by atoms with Crippen LogP contribution in [0.3, 0.4) is 0 Å². The quantitative estimate of drug-likeness (QED) is 0.698. The van der Waals surface area contributed by atoms with E-state index in [-0.39, 0.29) is 5.56 Å². The van der Waals surface area contributed by atoms with Crippen molar-refractivity contribution in [3.8, 4) is 0 Å². The second-order valence-corrected chi connectivity index (χ2v) is 3.04. The van der Waals surface area contributed by atoms with Gasteiger partial charge in [0.2, 0.25) is 0 Å². The lowest BCUT2D eigenvalue weighted by Crippen LogP contribution is -2.24. The van der Waals surface area contributed by atoms with Crippen LogP contribution in [0.5, 0.6) is 0 Å². The van der Waals surface area contributed by atoms with Crippen LogP contribution in [0.1, 0.15) is 12.5 Å². The average molecular weight is 167 g/mol. The number of nitrogens with zero attached hydrogens (tertiary/aromatic N) is 1. The van der Waals surface area contributed by atoms with Crippen molar-refractivity contribution in [2.75, 3.05) is 0 Å². The Balaban J connectivity index is 2.94. The van der Waals surface area contributed by atoms with Crippen molar-refractivity contribution in [2.45, 2.75) is 26.5 Å². The molecule has 0 aliphatic carbocycles. The first kappa shape index (κ1) is 9.00. The Hall–Kier alpha value is -1.09. The van der Waals surface area contributed by atoms with Crippen molar-refractivity contribution in [3.63, 3.8) is 0 Å². The maximum atomic E-state index is 11.2. The number of hydrogen-bond acceptors (Lipinski definition) is 2. The Kier molecular flexibility index (Phi) is 2.65. The van der Waals surface area contributed by atoms with Gasteiger partial charge in [-0.15, -0.1) is 0 Å². The van der Waals surface area contributed by atoms with Gasteiger partial charge in [0.25, 0.3) is 5.56 Å². The van der Waals surface area contributed by atoms with Crippen LogP contribution in [0.4, 0.5) is 0 Å². The first-order chi connectivity index (χ1) is 5.59. The first-order valence-corrected chi connectivity index (χ1v) is 3.95. The summed E-state index contributed by atoms with van der Waals surface area (Å²) in [5, 5.41) is 9.04. The molecular formula is C9H13NO2. The lowest BCUT2D eigenvalue weighted by molar-refractivity contribution is 0.172. The molecule has 1 N–H and O–H groups in total. The molecule has 66 valence electrons. The molecule has 0 saturated carbocycles. The van der Waals surface area contributed by atoms with Crippen LogP contribution in [-0.2, 0) is 6.54 Å². The van der Waals surface area contributed by atoms with Gasteiger partial charge < -0.3 is 9.67 Å². The van der Waals surface area contributed by atoms with E-state index in [1.165, 1.54) is 4.57 Å². The first-order valence-electron chi connectivity index (χ1n) is 3.95. The van der Waals surface area contributed by atoms with Gasteiger partial charge in [-0.1, -0.05) is 0 Å². The highest BCUT2D eigenvalue weighted by molar-refractivity contribution is 5.07. The summed E-state index contributed by atoms with van der Waals surface area (Å²) in [6, 6.07) is 3.41. The van der Waals surface area contributed by atoms with E-state index in [2.05, 4.69) is 0 Å². The van der Waals surface area contributed by atoms with Crippen molar-refractivity contribution in [3.05, 3.63) is 34.2 Å². The fourth-order valence-corrected chi connectivity index (χ4v) is 1.04. The van der Waals surface area contributed by atoms with Gasteiger partial charge >= 0.3 is 0 Å². The molecule has 1 atom stereocenters. The molecule has 1 heterocycles. The fraction of sp³-hybridized carbons (Fsp3) is 0.444. The van der Waals surface area contributed by atoms with E-state index in [4.69, 9.17) is 5.11 Å². The summed E-state index contributed by atoms with van der Waals surface area (Å²) in [6.45, 7) is 3.89. The molecule has 3 nitrogen and oxygen atoms in total. The molecule has 3 heteroatoms. The number of rotatable bonds is 2. The van der Waals surface area contributed by atoms with E-state index >= 15 is 0 Å². The van der Waals surface area contributed by atoms with Gasteiger partial charge in [-0.2, -0.15) is 0 Å². The summed E-state index contributed by atoms with van der Waals surface area (Å²) in [4.78, 5) is 11.2. The number of aliphatic hydroxyl groups is 1. The summed E-state index contributed by atoms with van der Waals surface area (Å²) >= 11 is 0. The highest BCUT2D eigenvalue weighted by atomic mass is 16.3. The molecule has 0 spiro atoms. The average Bonchev–Trinajstić information content (AvgIpc) is 1.94. The number of pyridine rings is 1. The van der Waals surface area contributed by atoms with Gasteiger partial charge in [-0.25, -0.2) is 0 Å². The Morgan fingerprint density at radius 3 is 2.83 bits per heavy atom. The van der Waals surface area contributed by atoms with Gasteiger partial charge in [0.15, 0.2) is 0 Å². The highest BCUT2D eigenvalue weighted by Crippen LogP contribution is 1.92. The predicted molar refractivity (Wildman–Crippen MR) is 47.1 cm³/mol. The second kappa shape index (κ2) is 3.54. The minimum Gasteiger partial charge on any atom is -0.392 e. The normalized spacial score (nSPS) is 12.9. The van der Waals surface area contributed by atoms with Crippen LogP contribution in [0, 0.1) is 6.92 Å². The van der Waals surface area contributed by atoms with E-state index < -0.39 is 6.10 Å². The van der Waals surface area contributed by atoms with Gasteiger partial charge in [0.05, 0.1) is 12.6 Å². The lowest BCUT2D eigenvalue weighted by Gasteiger charge is -2.07. The fourth-order valence-electron chi connectivity index (χ4n) is 1.04. The van der Waals surface area contributed by atoms with E-state index in [1.54, 1.807) is 19.2 Å². The van der Waals surface area contributed by atoms with Gasteiger partial charge in [0.1, 0.15) is 0 Å². The summed E-state index contributed by atoms with van der Waals surface area (Å²) in [5.74, 6) is 0. The van der Waals surface area contributed by atoms with Crippen LogP contribution >= 0.6 is 0 Å². The third kappa shape index (κ3) is 2.20. The van der Waals surface area contributed by atoms with Crippen molar-refractivity contribution in [1.82, 2.24) is 4.57 Å². The third-order valence-corrected chi connectivity index (χ3v) is 1.61. The molecule has 1 aromatic heterocycles. The molecule has 0 radical (unpaired) electrons. The molecule has 0 saturated heterocycles.